The monoisotopic (exact) mass is 347 g/mol. The van der Waals surface area contributed by atoms with Crippen LogP contribution < -0.4 is 16.4 Å². The van der Waals surface area contributed by atoms with Crippen molar-refractivity contribution < 1.29 is 4.79 Å². The van der Waals surface area contributed by atoms with Gasteiger partial charge < -0.3 is 16.4 Å². The standard InChI is InChI=1S/C16H18BrN3O/c1-10-14(17)7-4-8-15(10)20-16(21)19-13-6-3-5-12(9-13)11(2)18/h3-9,11H,18H2,1-2H3,(H2,19,20,21). The maximum Gasteiger partial charge on any atom is 0.323 e. The van der Waals surface area contributed by atoms with E-state index in [4.69, 9.17) is 5.73 Å². The Balaban J connectivity index is 2.08. The number of amides is 2. The van der Waals surface area contributed by atoms with Gasteiger partial charge in [-0.3, -0.25) is 0 Å². The van der Waals surface area contributed by atoms with Crippen LogP contribution in [0.1, 0.15) is 24.1 Å². The van der Waals surface area contributed by atoms with Crippen LogP contribution in [0.5, 0.6) is 0 Å². The number of urea groups is 1. The molecule has 0 bridgehead atoms. The van der Waals surface area contributed by atoms with Crippen LogP contribution >= 0.6 is 15.9 Å². The number of hydrogen-bond acceptors (Lipinski definition) is 2. The second-order valence-corrected chi connectivity index (χ2v) is 5.76. The number of rotatable bonds is 3. The summed E-state index contributed by atoms with van der Waals surface area (Å²) in [6.45, 7) is 3.85. The molecule has 5 heteroatoms. The molecule has 0 aliphatic carbocycles. The van der Waals surface area contributed by atoms with Crippen LogP contribution in [0.2, 0.25) is 0 Å². The van der Waals surface area contributed by atoms with Crippen molar-refractivity contribution in [2.45, 2.75) is 19.9 Å². The second-order valence-electron chi connectivity index (χ2n) is 4.91. The van der Waals surface area contributed by atoms with E-state index in [0.29, 0.717) is 0 Å². The summed E-state index contributed by atoms with van der Waals surface area (Å²) in [6, 6.07) is 12.8. The quantitative estimate of drug-likeness (QED) is 0.769. The summed E-state index contributed by atoms with van der Waals surface area (Å²) in [4.78, 5) is 12.1. The first-order chi connectivity index (χ1) is 9.97. The Bertz CT molecular complexity index is 656. The highest BCUT2D eigenvalue weighted by atomic mass is 79.9. The number of nitrogens with one attached hydrogen (secondary N) is 2. The normalized spacial score (nSPS) is 11.8. The van der Waals surface area contributed by atoms with E-state index in [-0.39, 0.29) is 12.1 Å². The molecule has 4 N–H and O–H groups in total. The zero-order valence-electron chi connectivity index (χ0n) is 12.0. The minimum Gasteiger partial charge on any atom is -0.324 e. The van der Waals surface area contributed by atoms with Gasteiger partial charge in [-0.05, 0) is 49.2 Å². The highest BCUT2D eigenvalue weighted by molar-refractivity contribution is 9.10. The molecule has 2 aromatic carbocycles. The molecule has 4 nitrogen and oxygen atoms in total. The number of carbonyl (C=O) groups excluding carboxylic acids is 1. The molecule has 21 heavy (non-hydrogen) atoms. The average Bonchev–Trinajstić information content (AvgIpc) is 2.44. The molecule has 0 radical (unpaired) electrons. The van der Waals surface area contributed by atoms with Gasteiger partial charge in [0.1, 0.15) is 0 Å². The lowest BCUT2D eigenvalue weighted by Crippen LogP contribution is -2.20. The fraction of sp³-hybridized carbons (Fsp3) is 0.188. The van der Waals surface area contributed by atoms with Gasteiger partial charge in [0.15, 0.2) is 0 Å². The highest BCUT2D eigenvalue weighted by Crippen LogP contribution is 2.23. The van der Waals surface area contributed by atoms with Crippen molar-refractivity contribution in [3.05, 3.63) is 58.1 Å². The molecule has 2 amide bonds. The lowest BCUT2D eigenvalue weighted by molar-refractivity contribution is 0.262. The summed E-state index contributed by atoms with van der Waals surface area (Å²) in [6.07, 6.45) is 0. The van der Waals surface area contributed by atoms with E-state index >= 15 is 0 Å². The summed E-state index contributed by atoms with van der Waals surface area (Å²) in [5, 5.41) is 5.65. The summed E-state index contributed by atoms with van der Waals surface area (Å²) >= 11 is 3.44. The predicted molar refractivity (Wildman–Crippen MR) is 90.6 cm³/mol. The fourth-order valence-electron chi connectivity index (χ4n) is 1.93. The zero-order valence-corrected chi connectivity index (χ0v) is 13.6. The first kappa shape index (κ1) is 15.5. The van der Waals surface area contributed by atoms with Crippen molar-refractivity contribution in [1.82, 2.24) is 0 Å². The van der Waals surface area contributed by atoms with Crippen LogP contribution in [0.4, 0.5) is 16.2 Å². The molecular weight excluding hydrogens is 330 g/mol. The maximum absolute atomic E-state index is 12.1. The van der Waals surface area contributed by atoms with Gasteiger partial charge in [0.25, 0.3) is 0 Å². The largest absolute Gasteiger partial charge is 0.324 e. The first-order valence-corrected chi connectivity index (χ1v) is 7.45. The Morgan fingerprint density at radius 2 is 1.90 bits per heavy atom. The molecule has 0 heterocycles. The van der Waals surface area contributed by atoms with Crippen LogP contribution in [-0.2, 0) is 0 Å². The maximum atomic E-state index is 12.1. The smallest absolute Gasteiger partial charge is 0.323 e. The van der Waals surface area contributed by atoms with E-state index in [1.807, 2.05) is 56.3 Å². The molecule has 1 atom stereocenters. The minimum atomic E-state index is -0.280. The van der Waals surface area contributed by atoms with Crippen molar-refractivity contribution in [3.63, 3.8) is 0 Å². The van der Waals surface area contributed by atoms with Gasteiger partial charge in [-0.1, -0.05) is 34.1 Å². The van der Waals surface area contributed by atoms with Crippen molar-refractivity contribution >= 4 is 33.3 Å². The number of carbonyl (C=O) groups is 1. The Morgan fingerprint density at radius 3 is 2.62 bits per heavy atom. The summed E-state index contributed by atoms with van der Waals surface area (Å²) in [5.74, 6) is 0. The second kappa shape index (κ2) is 6.74. The fourth-order valence-corrected chi connectivity index (χ4v) is 2.29. The van der Waals surface area contributed by atoms with E-state index in [0.717, 1.165) is 27.0 Å². The molecule has 0 aliphatic rings. The van der Waals surface area contributed by atoms with Crippen LogP contribution in [0.15, 0.2) is 46.9 Å². The zero-order chi connectivity index (χ0) is 15.4. The molecule has 1 unspecified atom stereocenters. The van der Waals surface area contributed by atoms with Gasteiger partial charge in [-0.15, -0.1) is 0 Å². The Morgan fingerprint density at radius 1 is 1.19 bits per heavy atom. The van der Waals surface area contributed by atoms with Crippen LogP contribution in [0.25, 0.3) is 0 Å². The lowest BCUT2D eigenvalue weighted by Gasteiger charge is -2.12. The number of halogens is 1. The van der Waals surface area contributed by atoms with Gasteiger partial charge in [-0.2, -0.15) is 0 Å². The Kier molecular flexibility index (Phi) is 4.98. The third-order valence-corrected chi connectivity index (χ3v) is 4.05. The van der Waals surface area contributed by atoms with Crippen molar-refractivity contribution in [2.75, 3.05) is 10.6 Å². The molecule has 0 aromatic heterocycles. The van der Waals surface area contributed by atoms with Crippen molar-refractivity contribution in [2.24, 2.45) is 5.73 Å². The molecule has 0 aliphatic heterocycles. The average molecular weight is 348 g/mol. The Hall–Kier alpha value is -1.85. The molecule has 0 saturated heterocycles. The van der Waals surface area contributed by atoms with E-state index in [2.05, 4.69) is 26.6 Å². The summed E-state index contributed by atoms with van der Waals surface area (Å²) in [5.41, 5.74) is 9.29. The highest BCUT2D eigenvalue weighted by Gasteiger charge is 2.07. The third-order valence-electron chi connectivity index (χ3n) is 3.19. The summed E-state index contributed by atoms with van der Waals surface area (Å²) in [7, 11) is 0. The van der Waals surface area contributed by atoms with Crippen LogP contribution in [0.3, 0.4) is 0 Å². The lowest BCUT2D eigenvalue weighted by atomic mass is 10.1. The number of benzene rings is 2. The van der Waals surface area contributed by atoms with Gasteiger partial charge in [0.05, 0.1) is 0 Å². The van der Waals surface area contributed by atoms with Crippen LogP contribution in [0, 0.1) is 6.92 Å². The first-order valence-electron chi connectivity index (χ1n) is 6.66. The van der Waals surface area contributed by atoms with E-state index in [1.54, 1.807) is 0 Å². The number of nitrogens with two attached hydrogens (primary N) is 1. The van der Waals surface area contributed by atoms with E-state index < -0.39 is 0 Å². The van der Waals surface area contributed by atoms with Gasteiger partial charge >= 0.3 is 6.03 Å². The van der Waals surface area contributed by atoms with E-state index in [9.17, 15) is 4.79 Å². The SMILES string of the molecule is Cc1c(Br)cccc1NC(=O)Nc1cccc(C(C)N)c1. The van der Waals surface area contributed by atoms with Crippen molar-refractivity contribution in [3.8, 4) is 0 Å². The Labute approximate surface area is 132 Å². The molecular formula is C16H18BrN3O. The molecule has 2 rings (SSSR count). The van der Waals surface area contributed by atoms with E-state index in [1.165, 1.54) is 0 Å². The molecule has 0 fully saturated rings. The van der Waals surface area contributed by atoms with Crippen LogP contribution in [-0.4, -0.2) is 6.03 Å². The third kappa shape index (κ3) is 4.06. The van der Waals surface area contributed by atoms with Gasteiger partial charge in [0.2, 0.25) is 0 Å². The van der Waals surface area contributed by atoms with Crippen molar-refractivity contribution in [1.29, 1.82) is 0 Å². The number of anilines is 2. The molecule has 0 saturated carbocycles. The number of hydrogen-bond donors (Lipinski definition) is 3. The predicted octanol–water partition coefficient (Wildman–Crippen LogP) is 4.42. The molecule has 110 valence electrons. The van der Waals surface area contributed by atoms with Gasteiger partial charge in [0, 0.05) is 21.9 Å². The molecule has 2 aromatic rings. The topological polar surface area (TPSA) is 67.2 Å². The van der Waals surface area contributed by atoms with Gasteiger partial charge in [-0.25, -0.2) is 4.79 Å². The summed E-state index contributed by atoms with van der Waals surface area (Å²) < 4.78 is 0.958. The molecule has 0 spiro atoms. The minimum absolute atomic E-state index is 0.0675.